The Morgan fingerprint density at radius 2 is 1.73 bits per heavy atom. The highest BCUT2D eigenvalue weighted by Crippen LogP contribution is 2.28. The van der Waals surface area contributed by atoms with E-state index in [-0.39, 0.29) is 49.0 Å². The summed E-state index contributed by atoms with van der Waals surface area (Å²) in [5.41, 5.74) is -1.42. The molecule has 1 fully saturated rings. The van der Waals surface area contributed by atoms with Gasteiger partial charge in [-0.3, -0.25) is 9.59 Å². The summed E-state index contributed by atoms with van der Waals surface area (Å²) in [6.45, 7) is 10.9. The largest absolute Gasteiger partial charge is 0.485 e. The minimum absolute atomic E-state index is 0.00783. The molecule has 3 rings (SSSR count). The third kappa shape index (κ3) is 10.2. The maximum absolute atomic E-state index is 12.7. The van der Waals surface area contributed by atoms with Crippen molar-refractivity contribution < 1.29 is 32.2 Å². The predicted molar refractivity (Wildman–Crippen MR) is 149 cm³/mol. The van der Waals surface area contributed by atoms with Crippen LogP contribution in [0.15, 0.2) is 23.4 Å². The first-order chi connectivity index (χ1) is 19.2. The van der Waals surface area contributed by atoms with Gasteiger partial charge in [-0.25, -0.2) is 14.6 Å². The molecule has 3 heterocycles. The number of hydrogen-bond donors (Lipinski definition) is 0. The highest BCUT2D eigenvalue weighted by Gasteiger charge is 2.32. The van der Waals surface area contributed by atoms with E-state index in [1.54, 1.807) is 16.7 Å². The molecule has 0 saturated carbocycles. The molecule has 0 aromatic carbocycles. The lowest BCUT2D eigenvalue weighted by Crippen LogP contribution is -2.49. The van der Waals surface area contributed by atoms with E-state index in [1.807, 2.05) is 0 Å². The molecular formula is C25H36ClF3N6O5Si. The molecule has 0 spiro atoms. The molecule has 16 heteroatoms. The predicted octanol–water partition coefficient (Wildman–Crippen LogP) is 3.54. The first kappa shape index (κ1) is 32.8. The summed E-state index contributed by atoms with van der Waals surface area (Å²) >= 11 is 6.20. The molecule has 228 valence electrons. The van der Waals surface area contributed by atoms with E-state index in [0.29, 0.717) is 32.8 Å². The lowest BCUT2D eigenvalue weighted by atomic mass is 10.3. The van der Waals surface area contributed by atoms with E-state index in [9.17, 15) is 22.8 Å². The van der Waals surface area contributed by atoms with Gasteiger partial charge in [0.25, 0.3) is 5.56 Å². The quantitative estimate of drug-likeness (QED) is 0.245. The third-order valence-electron chi connectivity index (χ3n) is 6.18. The highest BCUT2D eigenvalue weighted by atomic mass is 35.5. The van der Waals surface area contributed by atoms with Crippen LogP contribution in [0.25, 0.3) is 0 Å². The fourth-order valence-electron chi connectivity index (χ4n) is 3.76. The number of amides is 1. The van der Waals surface area contributed by atoms with Gasteiger partial charge in [0.15, 0.2) is 10.8 Å². The van der Waals surface area contributed by atoms with E-state index in [4.69, 9.17) is 25.8 Å². The van der Waals surface area contributed by atoms with Crippen LogP contribution in [0.1, 0.15) is 18.9 Å². The molecule has 1 aliphatic heterocycles. The normalized spacial score (nSPS) is 15.2. The van der Waals surface area contributed by atoms with Crippen molar-refractivity contribution in [3.8, 4) is 5.75 Å². The van der Waals surface area contributed by atoms with Crippen LogP contribution in [-0.2, 0) is 27.2 Å². The number of carbonyl (C=O) groups is 1. The molecule has 1 amide bonds. The van der Waals surface area contributed by atoms with E-state index in [2.05, 4.69) is 34.7 Å². The van der Waals surface area contributed by atoms with E-state index < -0.39 is 31.5 Å². The topological polar surface area (TPSA) is 112 Å². The molecule has 0 radical (unpaired) electrons. The fourth-order valence-corrected chi connectivity index (χ4v) is 4.71. The zero-order chi connectivity index (χ0) is 30.2. The monoisotopic (exact) mass is 620 g/mol. The Hall–Kier alpha value is -2.75. The number of aromatic nitrogens is 4. The zero-order valence-corrected chi connectivity index (χ0v) is 25.4. The summed E-state index contributed by atoms with van der Waals surface area (Å²) in [6.07, 6.45) is -1.92. The molecule has 2 aromatic heterocycles. The zero-order valence-electron chi connectivity index (χ0n) is 23.6. The number of alkyl halides is 3. The van der Waals surface area contributed by atoms with Gasteiger partial charge < -0.3 is 24.0 Å². The molecule has 1 atom stereocenters. The Morgan fingerprint density at radius 3 is 2.34 bits per heavy atom. The Kier molecular flexibility index (Phi) is 11.5. The number of anilines is 1. The van der Waals surface area contributed by atoms with Gasteiger partial charge in [0.05, 0.1) is 31.4 Å². The number of halogens is 4. The van der Waals surface area contributed by atoms with Crippen molar-refractivity contribution in [2.45, 2.75) is 58.0 Å². The third-order valence-corrected chi connectivity index (χ3v) is 8.24. The minimum Gasteiger partial charge on any atom is -0.485 e. The van der Waals surface area contributed by atoms with Gasteiger partial charge in [0, 0.05) is 53.3 Å². The van der Waals surface area contributed by atoms with Gasteiger partial charge in [0.2, 0.25) is 11.9 Å². The van der Waals surface area contributed by atoms with Gasteiger partial charge >= 0.3 is 6.18 Å². The second-order valence-electron chi connectivity index (χ2n) is 10.9. The molecule has 0 N–H and O–H groups in total. The van der Waals surface area contributed by atoms with Crippen molar-refractivity contribution in [2.24, 2.45) is 0 Å². The fraction of sp³-hybridized carbons (Fsp3) is 0.640. The maximum Gasteiger partial charge on any atom is 0.419 e. The first-order valence-corrected chi connectivity index (χ1v) is 17.3. The highest BCUT2D eigenvalue weighted by molar-refractivity contribution is 6.76. The van der Waals surface area contributed by atoms with E-state index in [0.717, 1.165) is 23.1 Å². The van der Waals surface area contributed by atoms with E-state index in [1.165, 1.54) is 6.20 Å². The van der Waals surface area contributed by atoms with Crippen molar-refractivity contribution in [1.82, 2.24) is 24.6 Å². The molecule has 0 bridgehead atoms. The van der Waals surface area contributed by atoms with Gasteiger partial charge in [-0.15, -0.1) is 0 Å². The van der Waals surface area contributed by atoms with Crippen LogP contribution >= 0.6 is 11.6 Å². The number of nitrogens with zero attached hydrogens (tertiary/aromatic N) is 6. The molecule has 2 aromatic rings. The van der Waals surface area contributed by atoms with E-state index >= 15 is 0 Å². The number of rotatable bonds is 13. The van der Waals surface area contributed by atoms with Crippen molar-refractivity contribution in [1.29, 1.82) is 0 Å². The van der Waals surface area contributed by atoms with Crippen molar-refractivity contribution in [2.75, 3.05) is 50.9 Å². The maximum atomic E-state index is 12.7. The van der Waals surface area contributed by atoms with Crippen molar-refractivity contribution in [3.05, 3.63) is 39.5 Å². The van der Waals surface area contributed by atoms with Crippen LogP contribution < -0.4 is 15.2 Å². The summed E-state index contributed by atoms with van der Waals surface area (Å²) in [4.78, 5) is 36.1. The number of ether oxygens (including phenoxy) is 3. The molecule has 41 heavy (non-hydrogen) atoms. The standard InChI is InChI=1S/C25H36ClF3N6O5Si/c1-18(40-20-15-32-35(23(37)22(20)26)17-39-11-12-41(2,3)4)16-38-10-5-21(36)33-6-8-34(9-7-33)24-30-13-19(14-31-24)25(27,28)29/h13-15,18H,5-12,16-17H2,1-4H3/t18-/m0/s1. The summed E-state index contributed by atoms with van der Waals surface area (Å²) < 4.78 is 56.1. The molecule has 1 saturated heterocycles. The van der Waals surface area contributed by atoms with Gasteiger partial charge in [0.1, 0.15) is 12.8 Å². The Morgan fingerprint density at radius 1 is 1.07 bits per heavy atom. The summed E-state index contributed by atoms with van der Waals surface area (Å²) in [5.74, 6) is 0.229. The average Bonchev–Trinajstić information content (AvgIpc) is 2.92. The number of carbonyl (C=O) groups excluding carboxylic acids is 1. The smallest absolute Gasteiger partial charge is 0.419 e. The minimum atomic E-state index is -4.49. The van der Waals surface area contributed by atoms with Gasteiger partial charge in [-0.05, 0) is 13.0 Å². The van der Waals surface area contributed by atoms with Crippen LogP contribution in [0.5, 0.6) is 5.75 Å². The Bertz CT molecular complexity index is 1200. The van der Waals surface area contributed by atoms with Crippen LogP contribution in [0.4, 0.5) is 19.1 Å². The Labute approximate surface area is 242 Å². The van der Waals surface area contributed by atoms with Crippen LogP contribution in [0, 0.1) is 0 Å². The summed E-state index contributed by atoms with van der Waals surface area (Å²) in [5, 5.41) is 3.97. The summed E-state index contributed by atoms with van der Waals surface area (Å²) in [6, 6.07) is 0.970. The summed E-state index contributed by atoms with van der Waals surface area (Å²) in [7, 11) is -1.24. The van der Waals surface area contributed by atoms with Crippen LogP contribution in [0.3, 0.4) is 0 Å². The molecule has 0 unspecified atom stereocenters. The lowest BCUT2D eigenvalue weighted by molar-refractivity contribution is -0.138. The molecule has 0 aliphatic carbocycles. The number of hydrogen-bond acceptors (Lipinski definition) is 9. The first-order valence-electron chi connectivity index (χ1n) is 13.2. The molecule has 11 nitrogen and oxygen atoms in total. The molecular weight excluding hydrogens is 585 g/mol. The van der Waals surface area contributed by atoms with Crippen molar-refractivity contribution >= 4 is 31.5 Å². The van der Waals surface area contributed by atoms with Gasteiger partial charge in [-0.2, -0.15) is 18.3 Å². The SMILES string of the molecule is C[C@@H](COCCC(=O)N1CCN(c2ncc(C(F)(F)F)cn2)CC1)Oc1cnn(COCC[Si](C)(C)C)c(=O)c1Cl. The second-order valence-corrected chi connectivity index (χ2v) is 16.9. The number of piperazine rings is 1. The molecule has 1 aliphatic rings. The van der Waals surface area contributed by atoms with Crippen LogP contribution in [-0.4, -0.2) is 90.7 Å². The second kappa shape index (κ2) is 14.4. The van der Waals surface area contributed by atoms with Crippen molar-refractivity contribution in [3.63, 3.8) is 0 Å². The van der Waals surface area contributed by atoms with Gasteiger partial charge in [-0.1, -0.05) is 31.2 Å². The lowest BCUT2D eigenvalue weighted by Gasteiger charge is -2.34. The Balaban J connectivity index is 1.35. The average molecular weight is 621 g/mol. The van der Waals surface area contributed by atoms with Crippen LogP contribution in [0.2, 0.25) is 30.7 Å².